The van der Waals surface area contributed by atoms with E-state index in [0.29, 0.717) is 24.8 Å². The summed E-state index contributed by atoms with van der Waals surface area (Å²) in [4.78, 5) is 0. The largest absolute Gasteiger partial charge is 0.385 e. The van der Waals surface area contributed by atoms with E-state index in [2.05, 4.69) is 16.3 Å². The molecular weight excluding hydrogens is 326 g/mol. The van der Waals surface area contributed by atoms with Crippen LogP contribution in [0.15, 0.2) is 30.1 Å². The van der Waals surface area contributed by atoms with Crippen LogP contribution >= 0.6 is 0 Å². The SMILES string of the molecule is C[C@H]1C[C@@](O)(c2ccc3c(c2)CCC3(F)F)C[C@@H](C2=CN(C)NN2)N1. The molecule has 25 heavy (non-hydrogen) atoms. The fourth-order valence-electron chi connectivity index (χ4n) is 4.30. The third-order valence-electron chi connectivity index (χ3n) is 5.50. The van der Waals surface area contributed by atoms with Crippen LogP contribution in [0.1, 0.15) is 42.9 Å². The van der Waals surface area contributed by atoms with E-state index < -0.39 is 11.5 Å². The maximum absolute atomic E-state index is 13.9. The Morgan fingerprint density at radius 1 is 1.28 bits per heavy atom. The van der Waals surface area contributed by atoms with Gasteiger partial charge in [-0.05, 0) is 30.9 Å². The van der Waals surface area contributed by atoms with Gasteiger partial charge in [0.25, 0.3) is 5.92 Å². The lowest BCUT2D eigenvalue weighted by Gasteiger charge is -2.41. The van der Waals surface area contributed by atoms with Crippen molar-refractivity contribution in [2.75, 3.05) is 7.05 Å². The molecule has 0 amide bonds. The summed E-state index contributed by atoms with van der Waals surface area (Å²) in [6.45, 7) is 2.03. The normalized spacial score (nSPS) is 33.8. The number of alkyl halides is 2. The Morgan fingerprint density at radius 2 is 2.08 bits per heavy atom. The van der Waals surface area contributed by atoms with Crippen molar-refractivity contribution in [3.8, 4) is 0 Å². The standard InChI is InChI=1S/C18H24F2N4O/c1-11-8-17(25,9-15(21-11)16-10-24(2)23-22-16)13-3-4-14-12(7-13)5-6-18(14,19)20/h3-4,7,10-11,15,21-23,25H,5-6,8-9H2,1-2H3/t11-,15-,17-/m0/s1. The van der Waals surface area contributed by atoms with Crippen molar-refractivity contribution in [2.45, 2.75) is 56.2 Å². The lowest BCUT2D eigenvalue weighted by atomic mass is 9.77. The Kier molecular flexibility index (Phi) is 3.79. The van der Waals surface area contributed by atoms with Crippen molar-refractivity contribution < 1.29 is 13.9 Å². The number of piperidine rings is 1. The Balaban J connectivity index is 1.63. The monoisotopic (exact) mass is 350 g/mol. The predicted molar refractivity (Wildman–Crippen MR) is 90.3 cm³/mol. The van der Waals surface area contributed by atoms with Crippen LogP contribution < -0.4 is 16.3 Å². The summed E-state index contributed by atoms with van der Waals surface area (Å²) in [5, 5.41) is 16.7. The highest BCUT2D eigenvalue weighted by Crippen LogP contribution is 2.44. The van der Waals surface area contributed by atoms with Crippen molar-refractivity contribution in [2.24, 2.45) is 0 Å². The summed E-state index contributed by atoms with van der Waals surface area (Å²) >= 11 is 0. The van der Waals surface area contributed by atoms with Crippen molar-refractivity contribution in [1.82, 2.24) is 21.3 Å². The molecule has 0 radical (unpaired) electrons. The highest BCUT2D eigenvalue weighted by atomic mass is 19.3. The number of rotatable bonds is 2. The lowest BCUT2D eigenvalue weighted by Crippen LogP contribution is -2.53. The number of fused-ring (bicyclic) bond motifs is 1. The Morgan fingerprint density at radius 3 is 2.80 bits per heavy atom. The molecule has 1 aromatic rings. The summed E-state index contributed by atoms with van der Waals surface area (Å²) in [6.07, 6.45) is 3.21. The number of aryl methyl sites for hydroxylation is 1. The number of hydrogen-bond acceptors (Lipinski definition) is 5. The molecule has 0 unspecified atom stereocenters. The lowest BCUT2D eigenvalue weighted by molar-refractivity contribution is -0.0186. The van der Waals surface area contributed by atoms with Crippen LogP contribution in [-0.4, -0.2) is 29.2 Å². The molecule has 7 heteroatoms. The van der Waals surface area contributed by atoms with E-state index in [0.717, 1.165) is 11.3 Å². The first-order valence-electron chi connectivity index (χ1n) is 8.73. The second kappa shape index (κ2) is 5.65. The zero-order valence-electron chi connectivity index (χ0n) is 14.4. The van der Waals surface area contributed by atoms with Gasteiger partial charge in [0.2, 0.25) is 0 Å². The average molecular weight is 350 g/mol. The number of hydrogen-bond donors (Lipinski definition) is 4. The van der Waals surface area contributed by atoms with Crippen molar-refractivity contribution in [3.05, 3.63) is 46.8 Å². The minimum atomic E-state index is -2.74. The van der Waals surface area contributed by atoms with Gasteiger partial charge in [0.15, 0.2) is 0 Å². The molecule has 5 nitrogen and oxygen atoms in total. The molecule has 4 N–H and O–H groups in total. The minimum absolute atomic E-state index is 0.0408. The number of nitrogens with one attached hydrogen (secondary N) is 3. The van der Waals surface area contributed by atoms with Gasteiger partial charge >= 0.3 is 0 Å². The van der Waals surface area contributed by atoms with E-state index in [1.54, 1.807) is 12.1 Å². The van der Waals surface area contributed by atoms with Gasteiger partial charge in [0.1, 0.15) is 0 Å². The van der Waals surface area contributed by atoms with Gasteiger partial charge in [-0.25, -0.2) is 8.78 Å². The minimum Gasteiger partial charge on any atom is -0.385 e. The smallest absolute Gasteiger partial charge is 0.273 e. The molecule has 0 spiro atoms. The average Bonchev–Trinajstić information content (AvgIpc) is 3.10. The molecule has 2 heterocycles. The van der Waals surface area contributed by atoms with Crippen LogP contribution in [0.4, 0.5) is 8.78 Å². The van der Waals surface area contributed by atoms with Gasteiger partial charge in [0.05, 0.1) is 17.3 Å². The highest BCUT2D eigenvalue weighted by molar-refractivity contribution is 5.41. The molecule has 1 fully saturated rings. The number of halogens is 2. The summed E-state index contributed by atoms with van der Waals surface area (Å²) < 4.78 is 27.7. The van der Waals surface area contributed by atoms with Crippen LogP contribution in [0.3, 0.4) is 0 Å². The summed E-state index contributed by atoms with van der Waals surface area (Å²) in [5.41, 5.74) is 7.52. The van der Waals surface area contributed by atoms with E-state index >= 15 is 0 Å². The number of hydrazine groups is 2. The van der Waals surface area contributed by atoms with Gasteiger partial charge in [-0.15, -0.1) is 5.53 Å². The second-order valence-electron chi connectivity index (χ2n) is 7.57. The maximum Gasteiger partial charge on any atom is 0.273 e. The molecule has 1 aromatic carbocycles. The van der Waals surface area contributed by atoms with Crippen LogP contribution in [0.25, 0.3) is 0 Å². The zero-order chi connectivity index (χ0) is 17.8. The molecule has 3 aliphatic rings. The number of aliphatic hydroxyl groups is 1. The fourth-order valence-corrected chi connectivity index (χ4v) is 4.30. The maximum atomic E-state index is 13.9. The van der Waals surface area contributed by atoms with E-state index in [9.17, 15) is 13.9 Å². The van der Waals surface area contributed by atoms with Crippen molar-refractivity contribution >= 4 is 0 Å². The highest BCUT2D eigenvalue weighted by Gasteiger charge is 2.43. The molecular formula is C18H24F2N4O. The molecule has 4 rings (SSSR count). The molecule has 1 aliphatic carbocycles. The Labute approximate surface area is 146 Å². The molecule has 0 aromatic heterocycles. The predicted octanol–water partition coefficient (Wildman–Crippen LogP) is 1.85. The van der Waals surface area contributed by atoms with E-state index in [4.69, 9.17) is 0 Å². The molecule has 3 atom stereocenters. The Hall–Kier alpha value is -1.70. The second-order valence-corrected chi connectivity index (χ2v) is 7.57. The van der Waals surface area contributed by atoms with Crippen LogP contribution in [-0.2, 0) is 17.9 Å². The first-order valence-corrected chi connectivity index (χ1v) is 8.73. The number of benzene rings is 1. The quantitative estimate of drug-likeness (QED) is 0.656. The van der Waals surface area contributed by atoms with E-state index in [1.165, 1.54) is 6.07 Å². The topological polar surface area (TPSA) is 59.6 Å². The summed E-state index contributed by atoms with van der Waals surface area (Å²) in [6, 6.07) is 5.02. The summed E-state index contributed by atoms with van der Waals surface area (Å²) in [5.74, 6) is -2.74. The molecule has 2 aliphatic heterocycles. The third kappa shape index (κ3) is 2.90. The van der Waals surface area contributed by atoms with Crippen LogP contribution in [0, 0.1) is 0 Å². The molecule has 0 saturated carbocycles. The van der Waals surface area contributed by atoms with Gasteiger partial charge in [-0.1, -0.05) is 18.2 Å². The first-order chi connectivity index (χ1) is 11.8. The number of nitrogens with zero attached hydrogens (tertiary/aromatic N) is 1. The first kappa shape index (κ1) is 16.8. The van der Waals surface area contributed by atoms with Crippen LogP contribution in [0.2, 0.25) is 0 Å². The molecule has 0 bridgehead atoms. The molecule has 1 saturated heterocycles. The van der Waals surface area contributed by atoms with E-state index in [-0.39, 0.29) is 24.1 Å². The summed E-state index contributed by atoms with van der Waals surface area (Å²) in [7, 11) is 1.89. The third-order valence-corrected chi connectivity index (χ3v) is 5.50. The van der Waals surface area contributed by atoms with Gasteiger partial charge in [-0.3, -0.25) is 5.01 Å². The Bertz CT molecular complexity index is 723. The van der Waals surface area contributed by atoms with E-state index in [1.807, 2.05) is 25.2 Å². The fraction of sp³-hybridized carbons (Fsp3) is 0.556. The zero-order valence-corrected chi connectivity index (χ0v) is 14.4. The van der Waals surface area contributed by atoms with Crippen molar-refractivity contribution in [1.29, 1.82) is 0 Å². The van der Waals surface area contributed by atoms with Crippen LogP contribution in [0.5, 0.6) is 0 Å². The van der Waals surface area contributed by atoms with Gasteiger partial charge < -0.3 is 15.8 Å². The van der Waals surface area contributed by atoms with Gasteiger partial charge in [0, 0.05) is 37.7 Å². The molecule has 136 valence electrons. The van der Waals surface area contributed by atoms with Gasteiger partial charge in [-0.2, -0.15) is 0 Å². The van der Waals surface area contributed by atoms with Crippen molar-refractivity contribution in [3.63, 3.8) is 0 Å².